The number of methoxy groups -OCH3 is 1. The van der Waals surface area contributed by atoms with Gasteiger partial charge in [0.2, 0.25) is 3.79 Å². The van der Waals surface area contributed by atoms with E-state index in [0.29, 0.717) is 17.0 Å². The monoisotopic (exact) mass is 392 g/mol. The summed E-state index contributed by atoms with van der Waals surface area (Å²) in [6, 6.07) is 5.82. The molecular formula is C15H15Cl3N2O4. The van der Waals surface area contributed by atoms with Crippen LogP contribution >= 0.6 is 34.8 Å². The van der Waals surface area contributed by atoms with Gasteiger partial charge in [-0.2, -0.15) is 0 Å². The van der Waals surface area contributed by atoms with E-state index >= 15 is 0 Å². The molecule has 0 spiro atoms. The second kappa shape index (κ2) is 7.51. The number of carbonyl (C=O) groups excluding carboxylic acids is 2. The normalized spacial score (nSPS) is 17.9. The van der Waals surface area contributed by atoms with Gasteiger partial charge in [-0.05, 0) is 13.0 Å². The third-order valence-electron chi connectivity index (χ3n) is 3.31. The second-order valence-electron chi connectivity index (χ2n) is 5.00. The summed E-state index contributed by atoms with van der Waals surface area (Å²) in [4.78, 5) is 24.3. The van der Waals surface area contributed by atoms with Crippen LogP contribution < -0.4 is 15.4 Å². The van der Waals surface area contributed by atoms with E-state index in [1.165, 1.54) is 7.11 Å². The Morgan fingerprint density at radius 3 is 2.58 bits per heavy atom. The molecule has 1 aromatic rings. The zero-order chi connectivity index (χ0) is 17.9. The lowest BCUT2D eigenvalue weighted by molar-refractivity contribution is -0.139. The highest BCUT2D eigenvalue weighted by Crippen LogP contribution is 2.34. The summed E-state index contributed by atoms with van der Waals surface area (Å²) >= 11 is 16.8. The Kier molecular flexibility index (Phi) is 5.85. The average molecular weight is 394 g/mol. The fourth-order valence-electron chi connectivity index (χ4n) is 2.33. The molecule has 0 unspecified atom stereocenters. The Morgan fingerprint density at radius 2 is 1.96 bits per heavy atom. The molecule has 0 bridgehead atoms. The van der Waals surface area contributed by atoms with Crippen molar-refractivity contribution < 1.29 is 19.1 Å². The molecule has 0 fully saturated rings. The van der Waals surface area contributed by atoms with Crippen LogP contribution in [-0.4, -0.2) is 29.5 Å². The van der Waals surface area contributed by atoms with Crippen LogP contribution in [0.1, 0.15) is 18.5 Å². The summed E-state index contributed by atoms with van der Waals surface area (Å²) in [5, 5.41) is 5.21. The summed E-state index contributed by atoms with van der Waals surface area (Å²) in [7, 11) is 1.50. The van der Waals surface area contributed by atoms with E-state index in [4.69, 9.17) is 44.3 Å². The van der Waals surface area contributed by atoms with E-state index in [9.17, 15) is 9.59 Å². The Labute approximate surface area is 154 Å². The maximum absolute atomic E-state index is 12.5. The van der Waals surface area contributed by atoms with Gasteiger partial charge in [0.05, 0.1) is 18.7 Å². The molecule has 0 aromatic heterocycles. The fourth-order valence-corrected chi connectivity index (χ4v) is 2.49. The van der Waals surface area contributed by atoms with Gasteiger partial charge in [-0.15, -0.1) is 0 Å². The van der Waals surface area contributed by atoms with Crippen molar-refractivity contribution >= 4 is 46.8 Å². The lowest BCUT2D eigenvalue weighted by atomic mass is 9.95. The molecule has 2 rings (SSSR count). The van der Waals surface area contributed by atoms with Gasteiger partial charge in [0.15, 0.2) is 0 Å². The van der Waals surface area contributed by atoms with Crippen molar-refractivity contribution in [2.24, 2.45) is 0 Å². The molecule has 0 saturated carbocycles. The van der Waals surface area contributed by atoms with Gasteiger partial charge in [0.1, 0.15) is 12.4 Å². The van der Waals surface area contributed by atoms with Gasteiger partial charge >= 0.3 is 12.0 Å². The Bertz CT molecular complexity index is 686. The fraction of sp³-hybridized carbons (Fsp3) is 0.333. The SMILES string of the molecule is COc1ccccc1[C@H]1NC(=O)NC(C)=C1C(=O)OCC(Cl)(Cl)Cl. The number of hydrogen-bond acceptors (Lipinski definition) is 4. The highest BCUT2D eigenvalue weighted by Gasteiger charge is 2.35. The number of esters is 1. The molecule has 6 nitrogen and oxygen atoms in total. The van der Waals surface area contributed by atoms with Crippen molar-refractivity contribution in [3.05, 3.63) is 41.1 Å². The molecule has 1 heterocycles. The van der Waals surface area contributed by atoms with Crippen molar-refractivity contribution in [1.82, 2.24) is 10.6 Å². The van der Waals surface area contributed by atoms with Crippen LogP contribution in [0.2, 0.25) is 0 Å². The van der Waals surface area contributed by atoms with E-state index in [0.717, 1.165) is 0 Å². The topological polar surface area (TPSA) is 76.7 Å². The van der Waals surface area contributed by atoms with Gasteiger partial charge in [0.25, 0.3) is 0 Å². The van der Waals surface area contributed by atoms with Gasteiger partial charge in [-0.25, -0.2) is 9.59 Å². The summed E-state index contributed by atoms with van der Waals surface area (Å²) in [5.41, 5.74) is 1.16. The van der Waals surface area contributed by atoms with E-state index < -0.39 is 28.4 Å². The molecule has 1 aliphatic rings. The molecule has 9 heteroatoms. The third kappa shape index (κ3) is 4.47. The van der Waals surface area contributed by atoms with Crippen LogP contribution in [0.5, 0.6) is 5.75 Å². The summed E-state index contributed by atoms with van der Waals surface area (Å²) in [5.74, 6) is -0.189. The largest absolute Gasteiger partial charge is 0.496 e. The number of urea groups is 1. The highest BCUT2D eigenvalue weighted by molar-refractivity contribution is 6.67. The van der Waals surface area contributed by atoms with Gasteiger partial charge < -0.3 is 20.1 Å². The van der Waals surface area contributed by atoms with Crippen molar-refractivity contribution in [3.63, 3.8) is 0 Å². The Morgan fingerprint density at radius 1 is 1.29 bits per heavy atom. The maximum Gasteiger partial charge on any atom is 0.338 e. The minimum absolute atomic E-state index is 0.202. The van der Waals surface area contributed by atoms with E-state index in [1.807, 2.05) is 0 Å². The summed E-state index contributed by atoms with van der Waals surface area (Å²) in [6.07, 6.45) is 0. The lowest BCUT2D eigenvalue weighted by Crippen LogP contribution is -2.45. The van der Waals surface area contributed by atoms with Crippen LogP contribution in [0, 0.1) is 0 Å². The van der Waals surface area contributed by atoms with Crippen LogP contribution in [0.15, 0.2) is 35.5 Å². The molecule has 1 aliphatic heterocycles. The maximum atomic E-state index is 12.5. The number of ether oxygens (including phenoxy) is 2. The quantitative estimate of drug-likeness (QED) is 0.608. The number of amides is 2. The van der Waals surface area contributed by atoms with Crippen molar-refractivity contribution in [3.8, 4) is 5.75 Å². The summed E-state index contributed by atoms with van der Waals surface area (Å²) in [6.45, 7) is 1.17. The molecular weight excluding hydrogens is 379 g/mol. The van der Waals surface area contributed by atoms with Crippen LogP contribution in [0.25, 0.3) is 0 Å². The van der Waals surface area contributed by atoms with Gasteiger partial charge in [-0.3, -0.25) is 0 Å². The van der Waals surface area contributed by atoms with Crippen molar-refractivity contribution in [2.45, 2.75) is 16.8 Å². The van der Waals surface area contributed by atoms with E-state index in [2.05, 4.69) is 10.6 Å². The number of halogens is 3. The number of nitrogens with one attached hydrogen (secondary N) is 2. The predicted molar refractivity (Wildman–Crippen MR) is 91.4 cm³/mol. The minimum Gasteiger partial charge on any atom is -0.496 e. The molecule has 1 aromatic carbocycles. The number of allylic oxidation sites excluding steroid dienone is 1. The predicted octanol–water partition coefficient (Wildman–Crippen LogP) is 3.24. The number of hydrogen-bond donors (Lipinski definition) is 2. The zero-order valence-corrected chi connectivity index (χ0v) is 15.1. The number of alkyl halides is 3. The zero-order valence-electron chi connectivity index (χ0n) is 12.9. The van der Waals surface area contributed by atoms with Crippen LogP contribution in [0.4, 0.5) is 4.79 Å². The molecule has 0 aliphatic carbocycles. The van der Waals surface area contributed by atoms with E-state index in [-0.39, 0.29) is 5.57 Å². The number of rotatable bonds is 4. The van der Waals surface area contributed by atoms with Crippen molar-refractivity contribution in [1.29, 1.82) is 0 Å². The number of carbonyl (C=O) groups is 2. The molecule has 1 atom stereocenters. The first kappa shape index (κ1) is 18.7. The lowest BCUT2D eigenvalue weighted by Gasteiger charge is -2.29. The Hall–Kier alpha value is -1.63. The molecule has 0 saturated heterocycles. The van der Waals surface area contributed by atoms with Crippen molar-refractivity contribution in [2.75, 3.05) is 13.7 Å². The Balaban J connectivity index is 2.39. The minimum atomic E-state index is -1.73. The molecule has 130 valence electrons. The smallest absolute Gasteiger partial charge is 0.338 e. The third-order valence-corrected chi connectivity index (χ3v) is 3.63. The van der Waals surface area contributed by atoms with Crippen LogP contribution in [0.3, 0.4) is 0 Å². The molecule has 2 amide bonds. The van der Waals surface area contributed by atoms with Gasteiger partial charge in [0, 0.05) is 11.3 Å². The van der Waals surface area contributed by atoms with Gasteiger partial charge in [-0.1, -0.05) is 53.0 Å². The van der Waals surface area contributed by atoms with E-state index in [1.54, 1.807) is 31.2 Å². The first-order chi connectivity index (χ1) is 11.2. The first-order valence-electron chi connectivity index (χ1n) is 6.88. The summed E-state index contributed by atoms with van der Waals surface area (Å²) < 4.78 is 8.63. The van der Waals surface area contributed by atoms with Crippen LogP contribution in [-0.2, 0) is 9.53 Å². The second-order valence-corrected chi connectivity index (χ2v) is 7.52. The molecule has 2 N–H and O–H groups in total. The number of benzene rings is 1. The highest BCUT2D eigenvalue weighted by atomic mass is 35.6. The molecule has 24 heavy (non-hydrogen) atoms. The first-order valence-corrected chi connectivity index (χ1v) is 8.01. The molecule has 0 radical (unpaired) electrons. The standard InChI is InChI=1S/C15H15Cl3N2O4/c1-8-11(13(21)24-7-15(16,17)18)12(20-14(22)19-8)9-5-3-4-6-10(9)23-2/h3-6,12H,7H2,1-2H3,(H2,19,20,22)/t12-/m1/s1. The average Bonchev–Trinajstić information content (AvgIpc) is 2.51. The number of para-hydroxylation sites is 1.